The molecule has 2 aromatic carbocycles. The summed E-state index contributed by atoms with van der Waals surface area (Å²) in [5.74, 6) is -0.666. The first-order valence-electron chi connectivity index (χ1n) is 5.87. The number of carbonyl (C=O) groups is 1. The average Bonchev–Trinajstić information content (AvgIpc) is 2.42. The van der Waals surface area contributed by atoms with Crippen LogP contribution in [0.25, 0.3) is 0 Å². The van der Waals surface area contributed by atoms with E-state index in [-0.39, 0.29) is 11.7 Å². The second-order valence-electron chi connectivity index (χ2n) is 4.11. The van der Waals surface area contributed by atoms with Crippen LogP contribution in [-0.2, 0) is 0 Å². The zero-order chi connectivity index (χ0) is 13.8. The highest BCUT2D eigenvalue weighted by Crippen LogP contribution is 2.32. The Bertz CT molecular complexity index is 596. The third-order valence-electron chi connectivity index (χ3n) is 2.68. The fourth-order valence-corrected chi connectivity index (χ4v) is 2.59. The smallest absolute Gasteiger partial charge is 0.252 e. The van der Waals surface area contributed by atoms with Gasteiger partial charge in [-0.3, -0.25) is 4.79 Å². The van der Waals surface area contributed by atoms with Crippen LogP contribution in [0, 0.1) is 12.7 Å². The lowest BCUT2D eigenvalue weighted by Crippen LogP contribution is -2.19. The largest absolute Gasteiger partial charge is 0.355 e. The summed E-state index contributed by atoms with van der Waals surface area (Å²) in [5, 5.41) is 2.52. The lowest BCUT2D eigenvalue weighted by atomic mass is 10.2. The topological polar surface area (TPSA) is 29.1 Å². The number of carbonyl (C=O) groups excluding carboxylic acids is 1. The summed E-state index contributed by atoms with van der Waals surface area (Å²) in [6, 6.07) is 12.3. The van der Waals surface area contributed by atoms with E-state index in [1.54, 1.807) is 12.1 Å². The van der Waals surface area contributed by atoms with E-state index in [1.807, 2.05) is 31.2 Å². The first kappa shape index (κ1) is 13.6. The van der Waals surface area contributed by atoms with Gasteiger partial charge in [0, 0.05) is 11.9 Å². The molecule has 0 spiro atoms. The van der Waals surface area contributed by atoms with Gasteiger partial charge in [0.15, 0.2) is 0 Å². The summed E-state index contributed by atoms with van der Waals surface area (Å²) in [6.07, 6.45) is 0. The number of benzene rings is 2. The Labute approximate surface area is 116 Å². The van der Waals surface area contributed by atoms with Crippen molar-refractivity contribution in [2.24, 2.45) is 0 Å². The summed E-state index contributed by atoms with van der Waals surface area (Å²) in [4.78, 5) is 13.0. The second-order valence-corrected chi connectivity index (χ2v) is 5.19. The maximum Gasteiger partial charge on any atom is 0.252 e. The normalized spacial score (nSPS) is 10.3. The molecule has 0 radical (unpaired) electrons. The molecule has 2 rings (SSSR count). The molecule has 98 valence electrons. The molecule has 2 aromatic rings. The third-order valence-corrected chi connectivity index (χ3v) is 3.81. The number of hydrogen-bond donors (Lipinski definition) is 1. The van der Waals surface area contributed by atoms with Crippen LogP contribution in [0.4, 0.5) is 4.39 Å². The zero-order valence-electron chi connectivity index (χ0n) is 10.7. The van der Waals surface area contributed by atoms with Gasteiger partial charge < -0.3 is 5.32 Å². The van der Waals surface area contributed by atoms with Crippen molar-refractivity contribution in [1.29, 1.82) is 0 Å². The molecule has 0 heterocycles. The Morgan fingerprint density at radius 2 is 1.84 bits per heavy atom. The summed E-state index contributed by atoms with van der Waals surface area (Å²) in [5.41, 5.74) is 1.50. The van der Waals surface area contributed by atoms with E-state index in [4.69, 9.17) is 0 Å². The van der Waals surface area contributed by atoms with E-state index >= 15 is 0 Å². The summed E-state index contributed by atoms with van der Waals surface area (Å²) >= 11 is 1.26. The molecule has 0 bridgehead atoms. The number of amides is 1. The van der Waals surface area contributed by atoms with Gasteiger partial charge in [-0.15, -0.1) is 0 Å². The molecular weight excluding hydrogens is 261 g/mol. The fraction of sp³-hybridized carbons (Fsp3) is 0.133. The molecule has 0 atom stereocenters. The molecule has 0 aliphatic carbocycles. The Balaban J connectivity index is 2.38. The predicted octanol–water partition coefficient (Wildman–Crippen LogP) is 3.64. The van der Waals surface area contributed by atoms with Gasteiger partial charge in [0.2, 0.25) is 0 Å². The quantitative estimate of drug-likeness (QED) is 0.926. The molecule has 0 unspecified atom stereocenters. The highest BCUT2D eigenvalue weighted by molar-refractivity contribution is 7.99. The average molecular weight is 275 g/mol. The molecule has 0 aliphatic rings. The van der Waals surface area contributed by atoms with Gasteiger partial charge in [-0.25, -0.2) is 4.39 Å². The van der Waals surface area contributed by atoms with Gasteiger partial charge in [-0.1, -0.05) is 35.5 Å². The Kier molecular flexibility index (Phi) is 4.22. The van der Waals surface area contributed by atoms with Crippen molar-refractivity contribution < 1.29 is 9.18 Å². The van der Waals surface area contributed by atoms with Gasteiger partial charge >= 0.3 is 0 Å². The van der Waals surface area contributed by atoms with Gasteiger partial charge in [0.25, 0.3) is 5.91 Å². The third kappa shape index (κ3) is 3.15. The van der Waals surface area contributed by atoms with Crippen LogP contribution in [0.2, 0.25) is 0 Å². The van der Waals surface area contributed by atoms with E-state index in [0.29, 0.717) is 10.5 Å². The predicted molar refractivity (Wildman–Crippen MR) is 75.1 cm³/mol. The molecule has 0 aromatic heterocycles. The fourth-order valence-electron chi connectivity index (χ4n) is 1.65. The summed E-state index contributed by atoms with van der Waals surface area (Å²) in [7, 11) is 1.54. The molecule has 0 saturated heterocycles. The minimum Gasteiger partial charge on any atom is -0.355 e. The van der Waals surface area contributed by atoms with Crippen molar-refractivity contribution in [3.63, 3.8) is 0 Å². The number of halogens is 1. The van der Waals surface area contributed by atoms with Crippen molar-refractivity contribution >= 4 is 17.7 Å². The second kappa shape index (κ2) is 5.89. The van der Waals surface area contributed by atoms with Crippen LogP contribution in [0.1, 0.15) is 15.9 Å². The van der Waals surface area contributed by atoms with E-state index < -0.39 is 0 Å². The molecule has 0 fully saturated rings. The SMILES string of the molecule is CNC(=O)c1cccc(F)c1Sc1ccc(C)cc1. The Hall–Kier alpha value is -1.81. The zero-order valence-corrected chi connectivity index (χ0v) is 11.6. The van der Waals surface area contributed by atoms with Crippen LogP contribution >= 0.6 is 11.8 Å². The van der Waals surface area contributed by atoms with Crippen LogP contribution in [-0.4, -0.2) is 13.0 Å². The van der Waals surface area contributed by atoms with Gasteiger partial charge in [0.1, 0.15) is 5.82 Å². The Morgan fingerprint density at radius 3 is 2.47 bits per heavy atom. The molecule has 4 heteroatoms. The minimum absolute atomic E-state index is 0.283. The van der Waals surface area contributed by atoms with Gasteiger partial charge in [-0.2, -0.15) is 0 Å². The molecule has 0 saturated carbocycles. The van der Waals surface area contributed by atoms with E-state index in [9.17, 15) is 9.18 Å². The van der Waals surface area contributed by atoms with Crippen molar-refractivity contribution in [3.8, 4) is 0 Å². The van der Waals surface area contributed by atoms with Crippen LogP contribution < -0.4 is 5.32 Å². The number of rotatable bonds is 3. The molecule has 19 heavy (non-hydrogen) atoms. The first-order valence-corrected chi connectivity index (χ1v) is 6.68. The highest BCUT2D eigenvalue weighted by Gasteiger charge is 2.15. The van der Waals surface area contributed by atoms with E-state index in [0.717, 1.165) is 10.5 Å². The van der Waals surface area contributed by atoms with Gasteiger partial charge in [-0.05, 0) is 31.2 Å². The maximum atomic E-state index is 13.9. The first-order chi connectivity index (χ1) is 9.11. The van der Waals surface area contributed by atoms with E-state index in [2.05, 4.69) is 5.32 Å². The lowest BCUT2D eigenvalue weighted by molar-refractivity contribution is 0.0959. The van der Waals surface area contributed by atoms with Crippen molar-refractivity contribution in [1.82, 2.24) is 5.32 Å². The van der Waals surface area contributed by atoms with Crippen LogP contribution in [0.3, 0.4) is 0 Å². The van der Waals surface area contributed by atoms with Gasteiger partial charge in [0.05, 0.1) is 10.5 Å². The standard InChI is InChI=1S/C15H14FNOS/c1-10-6-8-11(9-7-10)19-14-12(15(18)17-2)4-3-5-13(14)16/h3-9H,1-2H3,(H,17,18). The number of aryl methyl sites for hydroxylation is 1. The number of hydrogen-bond acceptors (Lipinski definition) is 2. The highest BCUT2D eigenvalue weighted by atomic mass is 32.2. The molecular formula is C15H14FNOS. The van der Waals surface area contributed by atoms with Crippen molar-refractivity contribution in [3.05, 3.63) is 59.4 Å². The van der Waals surface area contributed by atoms with Crippen molar-refractivity contribution in [2.75, 3.05) is 7.05 Å². The lowest BCUT2D eigenvalue weighted by Gasteiger charge is -2.09. The number of nitrogens with one attached hydrogen (secondary N) is 1. The molecule has 1 N–H and O–H groups in total. The molecule has 2 nitrogen and oxygen atoms in total. The summed E-state index contributed by atoms with van der Waals surface area (Å²) < 4.78 is 13.9. The summed E-state index contributed by atoms with van der Waals surface area (Å²) in [6.45, 7) is 1.99. The van der Waals surface area contributed by atoms with Crippen LogP contribution in [0.5, 0.6) is 0 Å². The Morgan fingerprint density at radius 1 is 1.16 bits per heavy atom. The molecule has 0 aliphatic heterocycles. The maximum absolute atomic E-state index is 13.9. The van der Waals surface area contributed by atoms with Crippen LogP contribution in [0.15, 0.2) is 52.3 Å². The van der Waals surface area contributed by atoms with E-state index in [1.165, 1.54) is 24.9 Å². The molecule has 1 amide bonds. The van der Waals surface area contributed by atoms with Crippen molar-refractivity contribution in [2.45, 2.75) is 16.7 Å². The minimum atomic E-state index is -0.383. The monoisotopic (exact) mass is 275 g/mol.